The summed E-state index contributed by atoms with van der Waals surface area (Å²) in [7, 11) is 0. The summed E-state index contributed by atoms with van der Waals surface area (Å²) in [6.07, 6.45) is 0.735. The van der Waals surface area contributed by atoms with Crippen LogP contribution in [0, 0.1) is 0 Å². The Balaban J connectivity index is 1.71. The van der Waals surface area contributed by atoms with E-state index in [1.807, 2.05) is 24.3 Å². The van der Waals surface area contributed by atoms with E-state index in [4.69, 9.17) is 11.6 Å². The normalized spacial score (nSPS) is 16.8. The molecule has 0 bridgehead atoms. The second-order valence-corrected chi connectivity index (χ2v) is 6.23. The quantitative estimate of drug-likeness (QED) is 0.832. The fourth-order valence-electron chi connectivity index (χ4n) is 2.14. The summed E-state index contributed by atoms with van der Waals surface area (Å²) in [4.78, 5) is 13.4. The van der Waals surface area contributed by atoms with Crippen molar-refractivity contribution in [1.29, 1.82) is 0 Å². The van der Waals surface area contributed by atoms with Gasteiger partial charge in [-0.2, -0.15) is 0 Å². The van der Waals surface area contributed by atoms with E-state index in [9.17, 15) is 9.90 Å². The maximum absolute atomic E-state index is 12.2. The van der Waals surface area contributed by atoms with E-state index in [1.165, 1.54) is 11.6 Å². The number of aromatic hydroxyl groups is 1. The molecular formula is C15H12ClNO2S. The van der Waals surface area contributed by atoms with Crippen molar-refractivity contribution in [3.05, 3.63) is 53.1 Å². The van der Waals surface area contributed by atoms with Gasteiger partial charge >= 0.3 is 0 Å². The lowest BCUT2D eigenvalue weighted by atomic mass is 10.1. The third-order valence-corrected chi connectivity index (χ3v) is 4.77. The van der Waals surface area contributed by atoms with Gasteiger partial charge in [-0.15, -0.1) is 11.8 Å². The summed E-state index contributed by atoms with van der Waals surface area (Å²) in [5.74, 6) is -0.0414. The average Bonchev–Trinajstić information content (AvgIpc) is 2.87. The Kier molecular flexibility index (Phi) is 3.59. The number of benzene rings is 2. The first-order valence-corrected chi connectivity index (χ1v) is 7.43. The van der Waals surface area contributed by atoms with Gasteiger partial charge in [0, 0.05) is 10.6 Å². The number of phenols is 1. The molecule has 102 valence electrons. The maximum Gasteiger partial charge on any atom is 0.238 e. The molecule has 2 aromatic carbocycles. The molecule has 3 rings (SSSR count). The minimum atomic E-state index is -0.125. The number of anilines is 1. The van der Waals surface area contributed by atoms with Crippen LogP contribution in [-0.2, 0) is 11.2 Å². The zero-order valence-electron chi connectivity index (χ0n) is 10.5. The standard InChI is InChI=1S/C15H12ClNO2S/c16-11-8-10(5-6-12(11)18)17-15(19)14-7-9-3-1-2-4-13(9)20-14/h1-6,8,14,18H,7H2,(H,17,19). The number of halogens is 1. The molecule has 0 aromatic heterocycles. The van der Waals surface area contributed by atoms with Crippen molar-refractivity contribution >= 4 is 35.0 Å². The molecule has 1 amide bonds. The number of rotatable bonds is 2. The van der Waals surface area contributed by atoms with Crippen molar-refractivity contribution < 1.29 is 9.90 Å². The van der Waals surface area contributed by atoms with Crippen molar-refractivity contribution in [2.75, 3.05) is 5.32 Å². The van der Waals surface area contributed by atoms with Crippen LogP contribution in [-0.4, -0.2) is 16.3 Å². The summed E-state index contributed by atoms with van der Waals surface area (Å²) in [5.41, 5.74) is 1.80. The van der Waals surface area contributed by atoms with Crippen molar-refractivity contribution in [3.63, 3.8) is 0 Å². The highest BCUT2D eigenvalue weighted by atomic mass is 35.5. The number of fused-ring (bicyclic) bond motifs is 1. The van der Waals surface area contributed by atoms with Crippen molar-refractivity contribution in [2.45, 2.75) is 16.6 Å². The van der Waals surface area contributed by atoms with Gasteiger partial charge in [0.15, 0.2) is 0 Å². The fraction of sp³-hybridized carbons (Fsp3) is 0.133. The molecule has 20 heavy (non-hydrogen) atoms. The van der Waals surface area contributed by atoms with E-state index < -0.39 is 0 Å². The lowest BCUT2D eigenvalue weighted by Gasteiger charge is -2.10. The Morgan fingerprint density at radius 2 is 2.10 bits per heavy atom. The summed E-state index contributed by atoms with van der Waals surface area (Å²) in [6, 6.07) is 12.7. The first-order valence-electron chi connectivity index (χ1n) is 6.17. The third-order valence-electron chi connectivity index (χ3n) is 3.15. The zero-order valence-corrected chi connectivity index (χ0v) is 12.0. The molecule has 0 spiro atoms. The van der Waals surface area contributed by atoms with Crippen molar-refractivity contribution in [1.82, 2.24) is 0 Å². The number of phenolic OH excluding ortho intramolecular Hbond substituents is 1. The topological polar surface area (TPSA) is 49.3 Å². The molecule has 0 saturated carbocycles. The molecular weight excluding hydrogens is 294 g/mol. The monoisotopic (exact) mass is 305 g/mol. The van der Waals surface area contributed by atoms with Gasteiger partial charge in [-0.05, 0) is 36.2 Å². The van der Waals surface area contributed by atoms with Crippen LogP contribution in [0.15, 0.2) is 47.4 Å². The Morgan fingerprint density at radius 1 is 1.30 bits per heavy atom. The van der Waals surface area contributed by atoms with E-state index in [1.54, 1.807) is 23.9 Å². The summed E-state index contributed by atoms with van der Waals surface area (Å²) < 4.78 is 0. The second kappa shape index (κ2) is 5.38. The number of nitrogens with one attached hydrogen (secondary N) is 1. The van der Waals surface area contributed by atoms with Gasteiger partial charge in [0.1, 0.15) is 5.75 Å². The number of amides is 1. The molecule has 0 aliphatic carbocycles. The lowest BCUT2D eigenvalue weighted by molar-refractivity contribution is -0.115. The van der Waals surface area contributed by atoms with Gasteiger partial charge in [-0.25, -0.2) is 0 Å². The molecule has 1 atom stereocenters. The molecule has 1 unspecified atom stereocenters. The summed E-state index contributed by atoms with van der Waals surface area (Å²) >= 11 is 7.40. The zero-order chi connectivity index (χ0) is 14.1. The van der Waals surface area contributed by atoms with Gasteiger partial charge in [-0.3, -0.25) is 4.79 Å². The Labute approximate surface area is 126 Å². The molecule has 3 nitrogen and oxygen atoms in total. The van der Waals surface area contributed by atoms with Gasteiger partial charge in [0.25, 0.3) is 0 Å². The molecule has 0 saturated heterocycles. The molecule has 1 aliphatic heterocycles. The number of hydrogen-bond acceptors (Lipinski definition) is 3. The first kappa shape index (κ1) is 13.3. The summed E-state index contributed by atoms with van der Waals surface area (Å²) in [6.45, 7) is 0. The van der Waals surface area contributed by atoms with Crippen LogP contribution in [0.2, 0.25) is 5.02 Å². The Morgan fingerprint density at radius 3 is 2.85 bits per heavy atom. The fourth-order valence-corrected chi connectivity index (χ4v) is 3.51. The number of carbonyl (C=O) groups excluding carboxylic acids is 1. The van der Waals surface area contributed by atoms with Gasteiger partial charge in [0.2, 0.25) is 5.91 Å². The molecule has 2 aromatic rings. The number of hydrogen-bond donors (Lipinski definition) is 2. The Hall–Kier alpha value is -1.65. The minimum absolute atomic E-state index is 0.00677. The molecule has 5 heteroatoms. The molecule has 1 heterocycles. The van der Waals surface area contributed by atoms with E-state index in [0.717, 1.165) is 11.3 Å². The summed E-state index contributed by atoms with van der Waals surface area (Å²) in [5, 5.41) is 12.3. The van der Waals surface area contributed by atoms with Crippen molar-refractivity contribution in [2.24, 2.45) is 0 Å². The SMILES string of the molecule is O=C(Nc1ccc(O)c(Cl)c1)C1Cc2ccccc2S1. The van der Waals surface area contributed by atoms with Gasteiger partial charge in [-0.1, -0.05) is 29.8 Å². The average molecular weight is 306 g/mol. The van der Waals surface area contributed by atoms with Crippen LogP contribution in [0.5, 0.6) is 5.75 Å². The van der Waals surface area contributed by atoms with Crippen LogP contribution in [0.4, 0.5) is 5.69 Å². The predicted octanol–water partition coefficient (Wildman–Crippen LogP) is 3.70. The highest BCUT2D eigenvalue weighted by Crippen LogP contribution is 2.37. The Bertz CT molecular complexity index is 650. The van der Waals surface area contributed by atoms with Gasteiger partial charge < -0.3 is 10.4 Å². The van der Waals surface area contributed by atoms with Crippen LogP contribution in [0.25, 0.3) is 0 Å². The van der Waals surface area contributed by atoms with Crippen molar-refractivity contribution in [3.8, 4) is 5.75 Å². The molecule has 2 N–H and O–H groups in total. The van der Waals surface area contributed by atoms with Crippen LogP contribution < -0.4 is 5.32 Å². The molecule has 1 aliphatic rings. The molecule has 0 fully saturated rings. The highest BCUT2D eigenvalue weighted by Gasteiger charge is 2.27. The van der Waals surface area contributed by atoms with Crippen LogP contribution in [0.1, 0.15) is 5.56 Å². The van der Waals surface area contributed by atoms with E-state index >= 15 is 0 Å². The number of carbonyl (C=O) groups is 1. The lowest BCUT2D eigenvalue weighted by Crippen LogP contribution is -2.24. The van der Waals surface area contributed by atoms with E-state index in [-0.39, 0.29) is 21.9 Å². The third kappa shape index (κ3) is 2.62. The molecule has 0 radical (unpaired) electrons. The number of thioether (sulfide) groups is 1. The second-order valence-electron chi connectivity index (χ2n) is 4.57. The maximum atomic E-state index is 12.2. The van der Waals surface area contributed by atoms with Gasteiger partial charge in [0.05, 0.1) is 10.3 Å². The smallest absolute Gasteiger partial charge is 0.238 e. The first-order chi connectivity index (χ1) is 9.63. The van der Waals surface area contributed by atoms with Crippen LogP contribution >= 0.6 is 23.4 Å². The van der Waals surface area contributed by atoms with Crippen LogP contribution in [0.3, 0.4) is 0 Å². The predicted molar refractivity (Wildman–Crippen MR) is 81.5 cm³/mol. The van der Waals surface area contributed by atoms with E-state index in [2.05, 4.69) is 5.32 Å². The minimum Gasteiger partial charge on any atom is -0.506 e. The largest absolute Gasteiger partial charge is 0.506 e. The highest BCUT2D eigenvalue weighted by molar-refractivity contribution is 8.01. The van der Waals surface area contributed by atoms with E-state index in [0.29, 0.717) is 5.69 Å².